The summed E-state index contributed by atoms with van der Waals surface area (Å²) in [6, 6.07) is 15.6. The molecule has 3 rings (SSSR count). The van der Waals surface area contributed by atoms with Gasteiger partial charge in [0.1, 0.15) is 12.4 Å². The van der Waals surface area contributed by atoms with Crippen LogP contribution in [-0.2, 0) is 23.6 Å². The highest BCUT2D eigenvalue weighted by Crippen LogP contribution is 2.23. The Bertz CT molecular complexity index is 1060. The molecule has 1 heterocycles. The smallest absolute Gasteiger partial charge is 0.240 e. The molecule has 0 aliphatic rings. The van der Waals surface area contributed by atoms with E-state index in [4.69, 9.17) is 4.74 Å². The quantitative estimate of drug-likeness (QED) is 0.555. The lowest BCUT2D eigenvalue weighted by molar-refractivity contribution is -0.121. The van der Waals surface area contributed by atoms with Crippen LogP contribution in [0.1, 0.15) is 16.8 Å². The molecular formula is C23H23FN2O3S. The van der Waals surface area contributed by atoms with Crippen molar-refractivity contribution in [1.29, 1.82) is 0 Å². The highest BCUT2D eigenvalue weighted by molar-refractivity contribution is 7.98. The Morgan fingerprint density at radius 2 is 1.83 bits per heavy atom. The minimum Gasteiger partial charge on any atom is -0.491 e. The Kier molecular flexibility index (Phi) is 7.30. The van der Waals surface area contributed by atoms with E-state index < -0.39 is 0 Å². The largest absolute Gasteiger partial charge is 0.491 e. The fourth-order valence-electron chi connectivity index (χ4n) is 2.82. The standard InChI is InChI=1S/C23H23FN2O3S/c1-16-3-5-17(6-4-16)12-25-23(28)14-26-13-22(29-2)21(27)11-19(26)15-30-20-9-7-18(24)8-10-20/h3-11,13H,12,14-15H2,1-2H3,(H,25,28). The molecule has 1 aromatic heterocycles. The summed E-state index contributed by atoms with van der Waals surface area (Å²) in [4.78, 5) is 25.6. The van der Waals surface area contributed by atoms with Gasteiger partial charge in [0.25, 0.3) is 0 Å². The summed E-state index contributed by atoms with van der Waals surface area (Å²) in [5, 5.41) is 2.90. The minimum absolute atomic E-state index is 0.0574. The average molecular weight is 427 g/mol. The highest BCUT2D eigenvalue weighted by atomic mass is 32.2. The van der Waals surface area contributed by atoms with Crippen LogP contribution >= 0.6 is 11.8 Å². The van der Waals surface area contributed by atoms with Gasteiger partial charge >= 0.3 is 0 Å². The summed E-state index contributed by atoms with van der Waals surface area (Å²) in [6.07, 6.45) is 1.55. The van der Waals surface area contributed by atoms with E-state index in [9.17, 15) is 14.0 Å². The monoisotopic (exact) mass is 426 g/mol. The topological polar surface area (TPSA) is 60.3 Å². The van der Waals surface area contributed by atoms with Crippen LogP contribution in [0.3, 0.4) is 0 Å². The third-order valence-electron chi connectivity index (χ3n) is 4.53. The van der Waals surface area contributed by atoms with Gasteiger partial charge in [-0.2, -0.15) is 0 Å². The van der Waals surface area contributed by atoms with Gasteiger partial charge in [0, 0.05) is 29.0 Å². The third-order valence-corrected chi connectivity index (χ3v) is 5.57. The fourth-order valence-corrected chi connectivity index (χ4v) is 3.72. The normalized spacial score (nSPS) is 10.6. The second-order valence-electron chi connectivity index (χ2n) is 6.83. The molecule has 1 amide bonds. The van der Waals surface area contributed by atoms with E-state index in [0.717, 1.165) is 16.0 Å². The molecule has 0 saturated carbocycles. The molecule has 0 radical (unpaired) electrons. The number of aryl methyl sites for hydroxylation is 1. The van der Waals surface area contributed by atoms with Crippen LogP contribution in [0.15, 0.2) is 70.5 Å². The van der Waals surface area contributed by atoms with Crippen LogP contribution in [0.4, 0.5) is 4.39 Å². The van der Waals surface area contributed by atoms with Crippen molar-refractivity contribution in [2.75, 3.05) is 7.11 Å². The van der Waals surface area contributed by atoms with E-state index in [1.165, 1.54) is 37.1 Å². The van der Waals surface area contributed by atoms with Crippen LogP contribution in [0.5, 0.6) is 5.75 Å². The van der Waals surface area contributed by atoms with Crippen molar-refractivity contribution in [2.45, 2.75) is 30.7 Å². The number of carbonyl (C=O) groups excluding carboxylic acids is 1. The summed E-state index contributed by atoms with van der Waals surface area (Å²) < 4.78 is 19.9. The van der Waals surface area contributed by atoms with Gasteiger partial charge in [-0.1, -0.05) is 29.8 Å². The number of halogens is 1. The Morgan fingerprint density at radius 3 is 2.50 bits per heavy atom. The van der Waals surface area contributed by atoms with Gasteiger partial charge in [-0.3, -0.25) is 9.59 Å². The number of benzene rings is 2. The first-order chi connectivity index (χ1) is 14.4. The molecule has 30 heavy (non-hydrogen) atoms. The molecule has 156 valence electrons. The predicted octanol–water partition coefficient (Wildman–Crippen LogP) is 3.91. The van der Waals surface area contributed by atoms with Crippen molar-refractivity contribution in [3.63, 3.8) is 0 Å². The van der Waals surface area contributed by atoms with E-state index in [-0.39, 0.29) is 29.4 Å². The van der Waals surface area contributed by atoms with Crippen molar-refractivity contribution in [2.24, 2.45) is 0 Å². The molecule has 3 aromatic rings. The van der Waals surface area contributed by atoms with Gasteiger partial charge in [0.05, 0.1) is 13.3 Å². The van der Waals surface area contributed by atoms with Gasteiger partial charge in [-0.05, 0) is 36.8 Å². The molecule has 0 unspecified atom stereocenters. The van der Waals surface area contributed by atoms with Gasteiger partial charge < -0.3 is 14.6 Å². The number of aromatic nitrogens is 1. The average Bonchev–Trinajstić information content (AvgIpc) is 2.74. The van der Waals surface area contributed by atoms with Crippen LogP contribution in [-0.4, -0.2) is 17.6 Å². The molecule has 0 aliphatic heterocycles. The molecule has 7 heteroatoms. The Labute approximate surface area is 178 Å². The molecule has 1 N–H and O–H groups in total. The zero-order valence-corrected chi connectivity index (χ0v) is 17.7. The number of methoxy groups -OCH3 is 1. The Morgan fingerprint density at radius 1 is 1.13 bits per heavy atom. The number of nitrogens with one attached hydrogen (secondary N) is 1. The number of rotatable bonds is 8. The SMILES string of the molecule is COc1cn(CC(=O)NCc2ccc(C)cc2)c(CSc2ccc(F)cc2)cc1=O. The van der Waals surface area contributed by atoms with Crippen molar-refractivity contribution in [3.05, 3.63) is 93.7 Å². The van der Waals surface area contributed by atoms with Gasteiger partial charge in [-0.15, -0.1) is 11.8 Å². The number of hydrogen-bond donors (Lipinski definition) is 1. The van der Waals surface area contributed by atoms with Crippen molar-refractivity contribution >= 4 is 17.7 Å². The van der Waals surface area contributed by atoms with Crippen molar-refractivity contribution in [1.82, 2.24) is 9.88 Å². The maximum Gasteiger partial charge on any atom is 0.240 e. The van der Waals surface area contributed by atoms with E-state index in [1.807, 2.05) is 31.2 Å². The number of pyridine rings is 1. The Balaban J connectivity index is 1.71. The molecule has 0 saturated heterocycles. The lowest BCUT2D eigenvalue weighted by Crippen LogP contribution is -2.28. The van der Waals surface area contributed by atoms with Gasteiger partial charge in [-0.25, -0.2) is 4.39 Å². The second-order valence-corrected chi connectivity index (χ2v) is 7.88. The van der Waals surface area contributed by atoms with E-state index in [1.54, 1.807) is 22.9 Å². The summed E-state index contributed by atoms with van der Waals surface area (Å²) in [7, 11) is 1.42. The summed E-state index contributed by atoms with van der Waals surface area (Å²) >= 11 is 1.46. The number of ether oxygens (including phenoxy) is 1. The van der Waals surface area contributed by atoms with Crippen LogP contribution in [0, 0.1) is 12.7 Å². The lowest BCUT2D eigenvalue weighted by Gasteiger charge is -2.15. The highest BCUT2D eigenvalue weighted by Gasteiger charge is 2.11. The molecule has 2 aromatic carbocycles. The first-order valence-corrected chi connectivity index (χ1v) is 10.4. The third kappa shape index (κ3) is 5.97. The molecule has 0 spiro atoms. The molecule has 0 atom stereocenters. The second kappa shape index (κ2) is 10.1. The number of hydrogen-bond acceptors (Lipinski definition) is 4. The molecule has 0 fully saturated rings. The van der Waals surface area contributed by atoms with Crippen molar-refractivity contribution in [3.8, 4) is 5.75 Å². The fraction of sp³-hybridized carbons (Fsp3) is 0.217. The molecule has 5 nitrogen and oxygen atoms in total. The summed E-state index contributed by atoms with van der Waals surface area (Å²) in [5.41, 5.74) is 2.61. The zero-order valence-electron chi connectivity index (χ0n) is 16.9. The first kappa shape index (κ1) is 21.6. The zero-order chi connectivity index (χ0) is 21.5. The number of thioether (sulfide) groups is 1. The van der Waals surface area contributed by atoms with E-state index in [2.05, 4.69) is 5.32 Å². The maximum atomic E-state index is 13.1. The van der Waals surface area contributed by atoms with E-state index >= 15 is 0 Å². The predicted molar refractivity (Wildman–Crippen MR) is 116 cm³/mol. The maximum absolute atomic E-state index is 13.1. The molecule has 0 bridgehead atoms. The van der Waals surface area contributed by atoms with Crippen LogP contribution in [0.25, 0.3) is 0 Å². The van der Waals surface area contributed by atoms with E-state index in [0.29, 0.717) is 18.0 Å². The van der Waals surface area contributed by atoms with Crippen LogP contribution in [0.2, 0.25) is 0 Å². The van der Waals surface area contributed by atoms with Crippen molar-refractivity contribution < 1.29 is 13.9 Å². The van der Waals surface area contributed by atoms with Gasteiger partial charge in [0.15, 0.2) is 5.75 Å². The van der Waals surface area contributed by atoms with Gasteiger partial charge in [0.2, 0.25) is 11.3 Å². The Hall–Kier alpha value is -3.06. The summed E-state index contributed by atoms with van der Waals surface area (Å²) in [6.45, 7) is 2.50. The molecular weight excluding hydrogens is 403 g/mol. The first-order valence-electron chi connectivity index (χ1n) is 9.42. The van der Waals surface area contributed by atoms with Crippen LogP contribution < -0.4 is 15.5 Å². The number of carbonyl (C=O) groups is 1. The summed E-state index contributed by atoms with van der Waals surface area (Å²) in [5.74, 6) is 0.160. The lowest BCUT2D eigenvalue weighted by atomic mass is 10.1. The minimum atomic E-state index is -0.300. The number of amides is 1. The number of nitrogens with zero attached hydrogens (tertiary/aromatic N) is 1. The molecule has 0 aliphatic carbocycles.